The van der Waals surface area contributed by atoms with E-state index in [1.807, 2.05) is 73.7 Å². The normalized spacial score (nSPS) is 17.8. The zero-order chi connectivity index (χ0) is 30.3. The molecule has 4 aromatic rings. The van der Waals surface area contributed by atoms with Crippen molar-refractivity contribution >= 4 is 34.1 Å². The van der Waals surface area contributed by atoms with Gasteiger partial charge in [-0.2, -0.15) is 0 Å². The number of nitrogens with zero attached hydrogens (tertiary/aromatic N) is 2. The van der Waals surface area contributed by atoms with E-state index in [4.69, 9.17) is 4.74 Å². The number of anilines is 2. The topological polar surface area (TPSA) is 94.1 Å². The van der Waals surface area contributed by atoms with Crippen molar-refractivity contribution in [1.82, 2.24) is 9.80 Å². The van der Waals surface area contributed by atoms with Gasteiger partial charge < -0.3 is 25.4 Å². The number of benzene rings is 4. The van der Waals surface area contributed by atoms with E-state index in [9.17, 15) is 14.7 Å². The minimum absolute atomic E-state index is 0.00592. The van der Waals surface area contributed by atoms with Crippen LogP contribution in [-0.2, 0) is 17.8 Å². The van der Waals surface area contributed by atoms with E-state index in [0.717, 1.165) is 17.3 Å². The van der Waals surface area contributed by atoms with Gasteiger partial charge in [-0.05, 0) is 49.2 Å². The minimum atomic E-state index is -0.379. The van der Waals surface area contributed by atoms with Crippen LogP contribution in [0.25, 0.3) is 10.8 Å². The van der Waals surface area contributed by atoms with Crippen LogP contribution in [0.3, 0.4) is 0 Å². The Morgan fingerprint density at radius 3 is 2.56 bits per heavy atom. The summed E-state index contributed by atoms with van der Waals surface area (Å²) in [6.07, 6.45) is -0.111. The summed E-state index contributed by atoms with van der Waals surface area (Å²) in [4.78, 5) is 30.5. The Morgan fingerprint density at radius 1 is 1.02 bits per heavy atom. The van der Waals surface area contributed by atoms with Crippen molar-refractivity contribution in [2.45, 2.75) is 39.0 Å². The molecular formula is C35H40N4O4. The first kappa shape index (κ1) is 30.1. The molecule has 1 aliphatic rings. The number of ether oxygens (including phenoxy) is 1. The van der Waals surface area contributed by atoms with Crippen molar-refractivity contribution in [3.8, 4) is 5.75 Å². The second-order valence-electron chi connectivity index (χ2n) is 11.5. The lowest BCUT2D eigenvalue weighted by atomic mass is 10.0. The van der Waals surface area contributed by atoms with Crippen molar-refractivity contribution in [2.24, 2.45) is 5.92 Å². The molecule has 0 fully saturated rings. The molecule has 3 N–H and O–H groups in total. The van der Waals surface area contributed by atoms with Crippen molar-refractivity contribution in [1.29, 1.82) is 0 Å². The number of carbonyl (C=O) groups is 2. The van der Waals surface area contributed by atoms with Crippen molar-refractivity contribution in [2.75, 3.05) is 37.4 Å². The lowest BCUT2D eigenvalue weighted by Crippen LogP contribution is -2.47. The van der Waals surface area contributed by atoms with Gasteiger partial charge in [0.15, 0.2) is 0 Å². The van der Waals surface area contributed by atoms with Crippen LogP contribution in [0.15, 0.2) is 91.0 Å². The Morgan fingerprint density at radius 2 is 1.77 bits per heavy atom. The van der Waals surface area contributed by atoms with Gasteiger partial charge in [-0.15, -0.1) is 0 Å². The molecule has 8 heteroatoms. The monoisotopic (exact) mass is 580 g/mol. The van der Waals surface area contributed by atoms with E-state index in [0.29, 0.717) is 35.8 Å². The molecule has 1 aliphatic heterocycles. The molecule has 3 atom stereocenters. The first-order valence-corrected chi connectivity index (χ1v) is 14.8. The third kappa shape index (κ3) is 7.52. The van der Waals surface area contributed by atoms with Gasteiger partial charge in [0, 0.05) is 42.2 Å². The average molecular weight is 581 g/mol. The molecule has 5 rings (SSSR count). The van der Waals surface area contributed by atoms with E-state index in [1.165, 1.54) is 5.56 Å². The second kappa shape index (κ2) is 13.7. The van der Waals surface area contributed by atoms with Crippen LogP contribution in [0.2, 0.25) is 0 Å². The summed E-state index contributed by atoms with van der Waals surface area (Å²) in [7, 11) is 2.07. The average Bonchev–Trinajstić information content (AvgIpc) is 3.04. The number of nitrogens with one attached hydrogen (secondary N) is 2. The fraction of sp³-hybridized carbons (Fsp3) is 0.314. The van der Waals surface area contributed by atoms with Gasteiger partial charge in [-0.1, -0.05) is 73.7 Å². The lowest BCUT2D eigenvalue weighted by Gasteiger charge is -2.34. The van der Waals surface area contributed by atoms with E-state index in [2.05, 4.69) is 41.6 Å². The van der Waals surface area contributed by atoms with Gasteiger partial charge in [0.25, 0.3) is 0 Å². The fourth-order valence-electron chi connectivity index (χ4n) is 5.61. The Balaban J connectivity index is 1.37. The number of carbonyl (C=O) groups excluding carboxylic acids is 2. The summed E-state index contributed by atoms with van der Waals surface area (Å²) in [5.41, 5.74) is 3.17. The highest BCUT2D eigenvalue weighted by Crippen LogP contribution is 2.30. The SMILES string of the molecule is C[C@@H]1CN([C@H](C)CO)C(=O)Cc2cc(NC(=O)Nc3cccc4ccccc34)ccc2O[C@H]1CN(C)Cc1ccccc1. The maximum Gasteiger partial charge on any atom is 0.323 e. The number of fused-ring (bicyclic) bond motifs is 2. The van der Waals surface area contributed by atoms with Crippen molar-refractivity contribution in [3.05, 3.63) is 102 Å². The van der Waals surface area contributed by atoms with E-state index >= 15 is 0 Å². The smallest absolute Gasteiger partial charge is 0.323 e. The number of rotatable bonds is 8. The summed E-state index contributed by atoms with van der Waals surface area (Å²) in [5, 5.41) is 17.8. The first-order chi connectivity index (χ1) is 20.8. The molecule has 0 saturated carbocycles. The number of hydrogen-bond donors (Lipinski definition) is 3. The molecule has 0 radical (unpaired) electrons. The Hall–Kier alpha value is -4.40. The third-order valence-corrected chi connectivity index (χ3v) is 8.00. The molecule has 4 aromatic carbocycles. The number of likely N-dealkylation sites (N-methyl/N-ethyl adjacent to an activating group) is 1. The largest absolute Gasteiger partial charge is 0.488 e. The van der Waals surface area contributed by atoms with Crippen LogP contribution in [0.1, 0.15) is 25.0 Å². The maximum atomic E-state index is 13.5. The predicted octanol–water partition coefficient (Wildman–Crippen LogP) is 5.76. The summed E-state index contributed by atoms with van der Waals surface area (Å²) in [6.45, 7) is 5.71. The van der Waals surface area contributed by atoms with Gasteiger partial charge in [-0.3, -0.25) is 9.69 Å². The molecule has 0 bridgehead atoms. The molecule has 0 unspecified atom stereocenters. The molecule has 0 aliphatic carbocycles. The molecule has 43 heavy (non-hydrogen) atoms. The Kier molecular flexibility index (Phi) is 9.59. The highest BCUT2D eigenvalue weighted by atomic mass is 16.5. The number of urea groups is 1. The second-order valence-corrected chi connectivity index (χ2v) is 11.5. The van der Waals surface area contributed by atoms with Gasteiger partial charge >= 0.3 is 6.03 Å². The van der Waals surface area contributed by atoms with Crippen molar-refractivity contribution in [3.63, 3.8) is 0 Å². The molecule has 224 valence electrons. The van der Waals surface area contributed by atoms with Gasteiger partial charge in [0.05, 0.1) is 24.8 Å². The quantitative estimate of drug-likeness (QED) is 0.246. The predicted molar refractivity (Wildman–Crippen MR) is 171 cm³/mol. The Bertz CT molecular complexity index is 1560. The number of aliphatic hydroxyl groups is 1. The molecular weight excluding hydrogens is 540 g/mol. The van der Waals surface area contributed by atoms with Crippen LogP contribution in [0, 0.1) is 5.92 Å². The van der Waals surface area contributed by atoms with Crippen LogP contribution in [0.5, 0.6) is 5.75 Å². The number of aliphatic hydroxyl groups excluding tert-OH is 1. The highest BCUT2D eigenvalue weighted by molar-refractivity contribution is 6.06. The van der Waals surface area contributed by atoms with Crippen LogP contribution >= 0.6 is 0 Å². The van der Waals surface area contributed by atoms with Gasteiger partial charge in [-0.25, -0.2) is 4.79 Å². The molecule has 1 heterocycles. The van der Waals surface area contributed by atoms with E-state index in [1.54, 1.807) is 17.0 Å². The van der Waals surface area contributed by atoms with Crippen LogP contribution in [0.4, 0.5) is 16.2 Å². The van der Waals surface area contributed by atoms with E-state index in [-0.39, 0.29) is 43.0 Å². The Labute approximate surface area is 253 Å². The summed E-state index contributed by atoms with van der Waals surface area (Å²) >= 11 is 0. The summed E-state index contributed by atoms with van der Waals surface area (Å²) < 4.78 is 6.64. The molecule has 3 amide bonds. The fourth-order valence-corrected chi connectivity index (χ4v) is 5.61. The molecule has 8 nitrogen and oxygen atoms in total. The molecule has 0 aromatic heterocycles. The summed E-state index contributed by atoms with van der Waals surface area (Å²) in [5.74, 6) is 0.539. The van der Waals surface area contributed by atoms with Gasteiger partial charge in [0.2, 0.25) is 5.91 Å². The van der Waals surface area contributed by atoms with Crippen LogP contribution in [-0.4, -0.2) is 65.7 Å². The maximum absolute atomic E-state index is 13.5. The number of amides is 3. The zero-order valence-electron chi connectivity index (χ0n) is 25.0. The van der Waals surface area contributed by atoms with Crippen molar-refractivity contribution < 1.29 is 19.4 Å². The van der Waals surface area contributed by atoms with Crippen LogP contribution < -0.4 is 15.4 Å². The molecule has 0 spiro atoms. The highest BCUT2D eigenvalue weighted by Gasteiger charge is 2.31. The first-order valence-electron chi connectivity index (χ1n) is 14.8. The molecule has 0 saturated heterocycles. The van der Waals surface area contributed by atoms with Gasteiger partial charge in [0.1, 0.15) is 11.9 Å². The standard InChI is InChI=1S/C35H40N4O4/c1-24-20-39(25(2)23-40)34(41)19-28-18-29(36-35(42)37-31-15-9-13-27-12-7-8-14-30(27)31)16-17-32(28)43-33(24)22-38(3)21-26-10-5-4-6-11-26/h4-18,24-25,33,40H,19-23H2,1-3H3,(H2,36,37,42)/t24-,25-,33+/m1/s1. The summed E-state index contributed by atoms with van der Waals surface area (Å²) in [6, 6.07) is 28.7. The number of hydrogen-bond acceptors (Lipinski definition) is 5. The third-order valence-electron chi connectivity index (χ3n) is 8.00. The van der Waals surface area contributed by atoms with E-state index < -0.39 is 0 Å². The zero-order valence-corrected chi connectivity index (χ0v) is 25.0. The lowest BCUT2D eigenvalue weighted by molar-refractivity contribution is -0.134. The minimum Gasteiger partial charge on any atom is -0.488 e.